The Morgan fingerprint density at radius 1 is 1.35 bits per heavy atom. The van der Waals surface area contributed by atoms with Gasteiger partial charge in [-0.05, 0) is 56.0 Å². The summed E-state index contributed by atoms with van der Waals surface area (Å²) in [6.45, 7) is 4.26. The molecule has 0 atom stereocenters. The van der Waals surface area contributed by atoms with Gasteiger partial charge in [-0.25, -0.2) is 10.5 Å². The Morgan fingerprint density at radius 2 is 2.15 bits per heavy atom. The fourth-order valence-corrected chi connectivity index (χ4v) is 3.36. The van der Waals surface area contributed by atoms with Crippen LogP contribution in [0.15, 0.2) is 41.4 Å². The maximum Gasteiger partial charge on any atom is 0.279 e. The summed E-state index contributed by atoms with van der Waals surface area (Å²) in [5.74, 6) is 0.377. The van der Waals surface area contributed by atoms with Crippen LogP contribution in [0.25, 0.3) is 11.0 Å². The Balaban J connectivity index is 2.09. The topological polar surface area (TPSA) is 68.2 Å². The van der Waals surface area contributed by atoms with Crippen molar-refractivity contribution in [2.24, 2.45) is 7.05 Å². The first kappa shape index (κ1) is 18.3. The molecule has 0 fully saturated rings. The summed E-state index contributed by atoms with van der Waals surface area (Å²) in [6.07, 6.45) is 3.77. The summed E-state index contributed by atoms with van der Waals surface area (Å²) in [5, 5.41) is 4.18. The lowest BCUT2D eigenvalue weighted by atomic mass is 10.1. The monoisotopic (exact) mass is 370 g/mol. The standard InChI is InChI=1S/C19H22N4O2S/c1-5-25-22-19(24)16-14-7-6-10-20-17(14)23(3)18(16)21-15-9-8-13(26-4)11-12(15)2/h6-11,21H,5H2,1-4H3,(H,22,24). The smallest absolute Gasteiger partial charge is 0.279 e. The molecule has 1 aromatic carbocycles. The largest absolute Gasteiger partial charge is 0.341 e. The second-order valence-electron chi connectivity index (χ2n) is 5.83. The molecular weight excluding hydrogens is 348 g/mol. The molecule has 0 spiro atoms. The van der Waals surface area contributed by atoms with Gasteiger partial charge in [0, 0.05) is 29.2 Å². The van der Waals surface area contributed by atoms with E-state index in [2.05, 4.69) is 27.9 Å². The van der Waals surface area contributed by atoms with Crippen molar-refractivity contribution < 1.29 is 9.63 Å². The number of thioether (sulfide) groups is 1. The second kappa shape index (κ2) is 7.80. The fourth-order valence-electron chi connectivity index (χ4n) is 2.86. The maximum absolute atomic E-state index is 12.7. The molecule has 3 aromatic rings. The van der Waals surface area contributed by atoms with Crippen LogP contribution in [0.3, 0.4) is 0 Å². The molecule has 2 N–H and O–H groups in total. The van der Waals surface area contributed by atoms with Gasteiger partial charge in [0.25, 0.3) is 5.91 Å². The number of nitrogens with one attached hydrogen (secondary N) is 2. The second-order valence-corrected chi connectivity index (χ2v) is 6.71. The Kier molecular flexibility index (Phi) is 5.49. The van der Waals surface area contributed by atoms with Crippen molar-refractivity contribution in [2.75, 3.05) is 18.2 Å². The number of hydrogen-bond donors (Lipinski definition) is 2. The number of hydroxylamine groups is 1. The molecule has 0 saturated carbocycles. The predicted octanol–water partition coefficient (Wildman–Crippen LogP) is 4.03. The van der Waals surface area contributed by atoms with E-state index in [-0.39, 0.29) is 5.91 Å². The number of hydrogen-bond acceptors (Lipinski definition) is 5. The minimum atomic E-state index is -0.300. The minimum absolute atomic E-state index is 0.300. The summed E-state index contributed by atoms with van der Waals surface area (Å²) in [4.78, 5) is 23.4. The van der Waals surface area contributed by atoms with Crippen molar-refractivity contribution in [1.29, 1.82) is 0 Å². The lowest BCUT2D eigenvalue weighted by Gasteiger charge is -2.13. The highest BCUT2D eigenvalue weighted by Crippen LogP contribution is 2.32. The molecule has 3 rings (SSSR count). The van der Waals surface area contributed by atoms with Gasteiger partial charge in [-0.2, -0.15) is 0 Å². The van der Waals surface area contributed by atoms with Crippen molar-refractivity contribution >= 4 is 40.2 Å². The molecule has 0 aliphatic rings. The molecule has 0 saturated heterocycles. The third-order valence-corrected chi connectivity index (χ3v) is 4.89. The van der Waals surface area contributed by atoms with Crippen molar-refractivity contribution in [1.82, 2.24) is 15.0 Å². The van der Waals surface area contributed by atoms with Crippen molar-refractivity contribution in [3.63, 3.8) is 0 Å². The number of anilines is 2. The molecule has 0 bridgehead atoms. The van der Waals surface area contributed by atoms with Crippen LogP contribution in [0.4, 0.5) is 11.5 Å². The fraction of sp³-hybridized carbons (Fsp3) is 0.263. The van der Waals surface area contributed by atoms with E-state index in [1.807, 2.05) is 49.9 Å². The maximum atomic E-state index is 12.7. The summed E-state index contributed by atoms with van der Waals surface area (Å²) in [5.41, 5.74) is 5.78. The Labute approximate surface area is 156 Å². The quantitative estimate of drug-likeness (QED) is 0.506. The third kappa shape index (κ3) is 3.40. The van der Waals surface area contributed by atoms with Gasteiger partial charge in [0.05, 0.1) is 12.2 Å². The normalized spacial score (nSPS) is 10.9. The van der Waals surface area contributed by atoms with Crippen LogP contribution in [0, 0.1) is 6.92 Å². The van der Waals surface area contributed by atoms with E-state index in [4.69, 9.17) is 4.84 Å². The number of rotatable bonds is 6. The molecule has 7 heteroatoms. The Morgan fingerprint density at radius 3 is 2.85 bits per heavy atom. The zero-order chi connectivity index (χ0) is 18.7. The number of carbonyl (C=O) groups excluding carboxylic acids is 1. The number of fused-ring (bicyclic) bond motifs is 1. The van der Waals surface area contributed by atoms with Crippen molar-refractivity contribution in [3.8, 4) is 0 Å². The first-order valence-corrected chi connectivity index (χ1v) is 9.56. The zero-order valence-electron chi connectivity index (χ0n) is 15.3. The number of nitrogens with zero attached hydrogens (tertiary/aromatic N) is 2. The zero-order valence-corrected chi connectivity index (χ0v) is 16.1. The van der Waals surface area contributed by atoms with Crippen LogP contribution < -0.4 is 10.8 Å². The lowest BCUT2D eigenvalue weighted by molar-refractivity contribution is 0.0367. The van der Waals surface area contributed by atoms with Crippen molar-refractivity contribution in [2.45, 2.75) is 18.7 Å². The first-order chi connectivity index (χ1) is 12.6. The Hall–Kier alpha value is -2.51. The van der Waals surface area contributed by atoms with Gasteiger partial charge in [-0.1, -0.05) is 0 Å². The number of aromatic nitrogens is 2. The van der Waals surface area contributed by atoms with E-state index in [1.54, 1.807) is 18.0 Å². The first-order valence-electron chi connectivity index (χ1n) is 8.34. The van der Waals surface area contributed by atoms with Gasteiger partial charge in [0.15, 0.2) is 0 Å². The van der Waals surface area contributed by atoms with Gasteiger partial charge < -0.3 is 9.88 Å². The summed E-state index contributed by atoms with van der Waals surface area (Å²) < 4.78 is 1.89. The molecule has 26 heavy (non-hydrogen) atoms. The van der Waals surface area contributed by atoms with Crippen LogP contribution in [-0.2, 0) is 11.9 Å². The van der Waals surface area contributed by atoms with Gasteiger partial charge in [0.1, 0.15) is 11.5 Å². The number of benzene rings is 1. The molecule has 6 nitrogen and oxygen atoms in total. The SMILES string of the molecule is CCONC(=O)c1c(Nc2ccc(SC)cc2C)n(C)c2ncccc12. The van der Waals surface area contributed by atoms with Gasteiger partial charge in [-0.3, -0.25) is 9.63 Å². The van der Waals surface area contributed by atoms with E-state index < -0.39 is 0 Å². The molecule has 0 aliphatic heterocycles. The van der Waals surface area contributed by atoms with Crippen LogP contribution >= 0.6 is 11.8 Å². The highest BCUT2D eigenvalue weighted by Gasteiger charge is 2.22. The number of amides is 1. The van der Waals surface area contributed by atoms with Crippen LogP contribution in [0.1, 0.15) is 22.8 Å². The van der Waals surface area contributed by atoms with Crippen molar-refractivity contribution in [3.05, 3.63) is 47.7 Å². The molecule has 1 amide bonds. The molecule has 136 valence electrons. The summed E-state index contributed by atoms with van der Waals surface area (Å²) >= 11 is 1.70. The third-order valence-electron chi connectivity index (χ3n) is 4.17. The number of aryl methyl sites for hydroxylation is 2. The van der Waals surface area contributed by atoms with E-state index in [0.29, 0.717) is 18.0 Å². The van der Waals surface area contributed by atoms with Crippen LogP contribution in [0.5, 0.6) is 0 Å². The highest BCUT2D eigenvalue weighted by atomic mass is 32.2. The molecular formula is C19H22N4O2S. The summed E-state index contributed by atoms with van der Waals surface area (Å²) in [6, 6.07) is 9.91. The number of pyridine rings is 1. The molecule has 2 heterocycles. The van der Waals surface area contributed by atoms with E-state index in [1.165, 1.54) is 4.90 Å². The Bertz CT molecular complexity index is 952. The molecule has 0 radical (unpaired) electrons. The van der Waals surface area contributed by atoms with Gasteiger partial charge >= 0.3 is 0 Å². The minimum Gasteiger partial charge on any atom is -0.341 e. The summed E-state index contributed by atoms with van der Waals surface area (Å²) in [7, 11) is 1.89. The average Bonchev–Trinajstić information content (AvgIpc) is 2.93. The number of carbonyl (C=O) groups is 1. The lowest BCUT2D eigenvalue weighted by Crippen LogP contribution is -2.24. The van der Waals surface area contributed by atoms with Gasteiger partial charge in [0.2, 0.25) is 0 Å². The molecule has 2 aromatic heterocycles. The highest BCUT2D eigenvalue weighted by molar-refractivity contribution is 7.98. The van der Waals surface area contributed by atoms with E-state index in [9.17, 15) is 4.79 Å². The predicted molar refractivity (Wildman–Crippen MR) is 106 cm³/mol. The molecule has 0 aliphatic carbocycles. The average molecular weight is 370 g/mol. The van der Waals surface area contributed by atoms with Crippen LogP contribution in [0.2, 0.25) is 0 Å². The molecule has 0 unspecified atom stereocenters. The van der Waals surface area contributed by atoms with Gasteiger partial charge in [-0.15, -0.1) is 11.8 Å². The van der Waals surface area contributed by atoms with E-state index >= 15 is 0 Å². The van der Waals surface area contributed by atoms with E-state index in [0.717, 1.165) is 22.3 Å². The van der Waals surface area contributed by atoms with Crippen LogP contribution in [-0.4, -0.2) is 28.3 Å².